The van der Waals surface area contributed by atoms with Crippen LogP contribution < -0.4 is 0 Å². The second-order valence-electron chi connectivity index (χ2n) is 5.56. The van der Waals surface area contributed by atoms with E-state index in [4.69, 9.17) is 23.2 Å². The second-order valence-corrected chi connectivity index (χ2v) is 6.27. The molecule has 5 heteroatoms. The molecule has 0 aliphatic heterocycles. The zero-order valence-corrected chi connectivity index (χ0v) is 16.4. The molecule has 0 unspecified atom stereocenters. The lowest BCUT2D eigenvalue weighted by Crippen LogP contribution is -2.01. The molecule has 0 saturated carbocycles. The van der Waals surface area contributed by atoms with Crippen molar-refractivity contribution in [3.05, 3.63) is 52.3 Å². The molecule has 0 saturated heterocycles. The number of fused-ring (bicyclic) bond motifs is 1. The number of unbranched alkanes of at least 4 members (excludes halogenated alkanes) is 1. The molecule has 2 aromatic carbocycles. The van der Waals surface area contributed by atoms with Crippen molar-refractivity contribution >= 4 is 51.0 Å². The number of aryl methyl sites for hydroxylation is 1. The van der Waals surface area contributed by atoms with Crippen molar-refractivity contribution < 1.29 is 0 Å². The van der Waals surface area contributed by atoms with Gasteiger partial charge < -0.3 is 4.57 Å². The number of benzene rings is 2. The number of imidazole rings is 1. The van der Waals surface area contributed by atoms with Crippen molar-refractivity contribution in [3.8, 4) is 11.4 Å². The van der Waals surface area contributed by atoms with E-state index in [9.17, 15) is 0 Å². The van der Waals surface area contributed by atoms with Crippen molar-refractivity contribution in [2.45, 2.75) is 33.2 Å². The highest BCUT2D eigenvalue weighted by Gasteiger charge is 2.17. The van der Waals surface area contributed by atoms with Gasteiger partial charge >= 0.3 is 0 Å². The van der Waals surface area contributed by atoms with Crippen molar-refractivity contribution in [1.82, 2.24) is 9.55 Å². The number of rotatable bonds is 4. The third kappa shape index (κ3) is 3.57. The summed E-state index contributed by atoms with van der Waals surface area (Å²) in [5, 5.41) is 3.27. The van der Waals surface area contributed by atoms with Crippen molar-refractivity contribution in [3.63, 3.8) is 0 Å². The molecule has 1 heterocycles. The van der Waals surface area contributed by atoms with E-state index < -0.39 is 0 Å². The molecular formula is C18H19BrCl2N2. The number of hydrogen-bond donors (Lipinski definition) is 0. The fourth-order valence-electron chi connectivity index (χ4n) is 2.78. The zero-order chi connectivity index (χ0) is 15.7. The predicted molar refractivity (Wildman–Crippen MR) is 105 cm³/mol. The van der Waals surface area contributed by atoms with Crippen LogP contribution in [0.25, 0.3) is 22.2 Å². The van der Waals surface area contributed by atoms with Gasteiger partial charge in [0.1, 0.15) is 11.0 Å². The third-order valence-corrected chi connectivity index (χ3v) is 4.59. The monoisotopic (exact) mass is 412 g/mol. The van der Waals surface area contributed by atoms with Gasteiger partial charge in [-0.25, -0.2) is 4.98 Å². The van der Waals surface area contributed by atoms with Gasteiger partial charge in [0, 0.05) is 12.1 Å². The molecule has 2 nitrogen and oxygen atoms in total. The maximum absolute atomic E-state index is 6.36. The van der Waals surface area contributed by atoms with Gasteiger partial charge in [0.25, 0.3) is 0 Å². The first kappa shape index (κ1) is 18.3. The minimum atomic E-state index is 0. The van der Waals surface area contributed by atoms with Crippen molar-refractivity contribution in [1.29, 1.82) is 0 Å². The smallest absolute Gasteiger partial charge is 0.166 e. The maximum Gasteiger partial charge on any atom is 0.166 e. The highest BCUT2D eigenvalue weighted by atomic mass is 79.9. The van der Waals surface area contributed by atoms with E-state index in [-0.39, 0.29) is 17.0 Å². The SMILES string of the molecule is Br.CCCCn1c(-c2cc(C)cc3ccccc23)nc(Cl)c1Cl. The minimum Gasteiger partial charge on any atom is -0.314 e. The molecule has 0 atom stereocenters. The molecule has 3 aromatic rings. The summed E-state index contributed by atoms with van der Waals surface area (Å²) in [6.45, 7) is 5.08. The second kappa shape index (κ2) is 7.69. The Hall–Kier alpha value is -1.03. The molecule has 122 valence electrons. The molecule has 0 N–H and O–H groups in total. The number of aromatic nitrogens is 2. The largest absolute Gasteiger partial charge is 0.314 e. The molecule has 0 bridgehead atoms. The molecule has 0 aliphatic rings. The fraction of sp³-hybridized carbons (Fsp3) is 0.278. The fourth-order valence-corrected chi connectivity index (χ4v) is 3.16. The maximum atomic E-state index is 6.36. The Labute approximate surface area is 157 Å². The summed E-state index contributed by atoms with van der Waals surface area (Å²) < 4.78 is 2.02. The lowest BCUT2D eigenvalue weighted by molar-refractivity contribution is 0.638. The summed E-state index contributed by atoms with van der Waals surface area (Å²) in [5.74, 6) is 0.850. The van der Waals surface area contributed by atoms with Gasteiger partial charge in [0.15, 0.2) is 5.15 Å². The Morgan fingerprint density at radius 3 is 2.61 bits per heavy atom. The van der Waals surface area contributed by atoms with Crippen LogP contribution in [0.3, 0.4) is 0 Å². The van der Waals surface area contributed by atoms with Gasteiger partial charge in [-0.05, 0) is 35.7 Å². The number of nitrogens with zero attached hydrogens (tertiary/aromatic N) is 2. The quantitative estimate of drug-likeness (QED) is 0.465. The Balaban J connectivity index is 0.00000192. The van der Waals surface area contributed by atoms with Gasteiger partial charge in [-0.3, -0.25) is 0 Å². The Morgan fingerprint density at radius 1 is 1.13 bits per heavy atom. The Morgan fingerprint density at radius 2 is 1.87 bits per heavy atom. The Bertz CT molecular complexity index is 827. The lowest BCUT2D eigenvalue weighted by Gasteiger charge is -2.12. The highest BCUT2D eigenvalue weighted by Crippen LogP contribution is 2.34. The van der Waals surface area contributed by atoms with Crippen molar-refractivity contribution in [2.75, 3.05) is 0 Å². The molecule has 0 radical (unpaired) electrons. The van der Waals surface area contributed by atoms with Gasteiger partial charge in [-0.15, -0.1) is 17.0 Å². The van der Waals surface area contributed by atoms with Gasteiger partial charge in [-0.1, -0.05) is 66.9 Å². The Kier molecular flexibility index (Phi) is 6.12. The van der Waals surface area contributed by atoms with E-state index in [2.05, 4.69) is 49.2 Å². The summed E-state index contributed by atoms with van der Waals surface area (Å²) in [6, 6.07) is 12.7. The van der Waals surface area contributed by atoms with Crippen LogP contribution in [0.2, 0.25) is 10.3 Å². The predicted octanol–water partition coefficient (Wildman–Crippen LogP) is 6.70. The normalized spacial score (nSPS) is 10.8. The molecule has 0 spiro atoms. The number of hydrogen-bond acceptors (Lipinski definition) is 1. The molecule has 0 fully saturated rings. The van der Waals surface area contributed by atoms with E-state index in [1.54, 1.807) is 0 Å². The van der Waals surface area contributed by atoms with Crippen molar-refractivity contribution in [2.24, 2.45) is 0 Å². The van der Waals surface area contributed by atoms with Gasteiger partial charge in [0.05, 0.1) is 0 Å². The molecular weight excluding hydrogens is 395 g/mol. The molecule has 0 amide bonds. The standard InChI is InChI=1S/C18H18Cl2N2.BrH/c1-3-4-9-22-17(20)16(19)21-18(22)15-11-12(2)10-13-7-5-6-8-14(13)15;/h5-8,10-11H,3-4,9H2,1-2H3;1H. The van der Waals surface area contributed by atoms with E-state index in [1.165, 1.54) is 16.3 Å². The summed E-state index contributed by atoms with van der Waals surface area (Å²) in [4.78, 5) is 4.52. The first-order valence-electron chi connectivity index (χ1n) is 7.53. The molecule has 0 aliphatic carbocycles. The zero-order valence-electron chi connectivity index (χ0n) is 13.1. The van der Waals surface area contributed by atoms with Crippen LogP contribution >= 0.6 is 40.2 Å². The van der Waals surface area contributed by atoms with E-state index >= 15 is 0 Å². The average molecular weight is 414 g/mol. The topological polar surface area (TPSA) is 17.8 Å². The molecule has 3 rings (SSSR count). The summed E-state index contributed by atoms with van der Waals surface area (Å²) in [7, 11) is 0. The van der Waals surface area contributed by atoms with Crippen LogP contribution in [-0.2, 0) is 6.54 Å². The van der Waals surface area contributed by atoms with Crippen LogP contribution in [0.4, 0.5) is 0 Å². The minimum absolute atomic E-state index is 0. The summed E-state index contributed by atoms with van der Waals surface area (Å²) >= 11 is 12.5. The van der Waals surface area contributed by atoms with Crippen LogP contribution in [0, 0.1) is 6.92 Å². The van der Waals surface area contributed by atoms with Crippen LogP contribution in [0.5, 0.6) is 0 Å². The molecule has 1 aromatic heterocycles. The lowest BCUT2D eigenvalue weighted by atomic mass is 10.0. The summed E-state index contributed by atoms with van der Waals surface area (Å²) in [5.41, 5.74) is 2.28. The highest BCUT2D eigenvalue weighted by molar-refractivity contribution is 8.93. The van der Waals surface area contributed by atoms with E-state index in [0.29, 0.717) is 10.3 Å². The van der Waals surface area contributed by atoms with Gasteiger partial charge in [0.2, 0.25) is 0 Å². The van der Waals surface area contributed by atoms with E-state index in [0.717, 1.165) is 30.8 Å². The van der Waals surface area contributed by atoms with Crippen LogP contribution in [0.1, 0.15) is 25.3 Å². The molecule has 23 heavy (non-hydrogen) atoms. The van der Waals surface area contributed by atoms with Crippen LogP contribution in [0.15, 0.2) is 36.4 Å². The van der Waals surface area contributed by atoms with Gasteiger partial charge in [-0.2, -0.15) is 0 Å². The average Bonchev–Trinajstić information content (AvgIpc) is 2.79. The third-order valence-electron chi connectivity index (χ3n) is 3.85. The number of halogens is 3. The summed E-state index contributed by atoms with van der Waals surface area (Å²) in [6.07, 6.45) is 2.14. The first-order chi connectivity index (χ1) is 10.6. The first-order valence-corrected chi connectivity index (χ1v) is 8.28. The van der Waals surface area contributed by atoms with Crippen LogP contribution in [-0.4, -0.2) is 9.55 Å². The van der Waals surface area contributed by atoms with E-state index in [1.807, 2.05) is 10.6 Å².